The van der Waals surface area contributed by atoms with Gasteiger partial charge in [0.25, 0.3) is 17.4 Å². The number of carbonyl (C=O) groups is 2. The standard InChI is InChI=1S/C22H22N4O5S/c1-30-17-10-15(25-22(29)16-11-20(27)26-19(23-16)12-32-3)18(31-2)9-14(17)24-21(28)13-7-5-4-6-8-13/h4-11H,12H2,1-3H3,(H,24,28)(H,25,29)(H,23,26,27). The first-order chi connectivity index (χ1) is 15.4. The van der Waals surface area contributed by atoms with E-state index in [-0.39, 0.29) is 17.4 Å². The molecule has 0 aliphatic carbocycles. The first-order valence-corrected chi connectivity index (χ1v) is 10.9. The number of amides is 2. The highest BCUT2D eigenvalue weighted by Gasteiger charge is 2.18. The van der Waals surface area contributed by atoms with Gasteiger partial charge in [0.05, 0.1) is 31.3 Å². The third kappa shape index (κ3) is 5.46. The highest BCUT2D eigenvalue weighted by atomic mass is 32.2. The fourth-order valence-electron chi connectivity index (χ4n) is 2.89. The lowest BCUT2D eigenvalue weighted by molar-refractivity contribution is 0.101. The van der Waals surface area contributed by atoms with E-state index in [4.69, 9.17) is 9.47 Å². The lowest BCUT2D eigenvalue weighted by Gasteiger charge is -2.16. The molecule has 9 nitrogen and oxygen atoms in total. The Morgan fingerprint density at radius 1 is 0.969 bits per heavy atom. The van der Waals surface area contributed by atoms with E-state index in [1.807, 2.05) is 12.3 Å². The Labute approximate surface area is 188 Å². The van der Waals surface area contributed by atoms with Gasteiger partial charge < -0.3 is 25.1 Å². The average molecular weight is 455 g/mol. The van der Waals surface area contributed by atoms with Crippen molar-refractivity contribution in [3.05, 3.63) is 76.0 Å². The van der Waals surface area contributed by atoms with Crippen LogP contribution in [-0.4, -0.2) is 42.3 Å². The predicted octanol–water partition coefficient (Wildman–Crippen LogP) is 3.15. The summed E-state index contributed by atoms with van der Waals surface area (Å²) in [5.74, 6) is 0.558. The number of aromatic amines is 1. The van der Waals surface area contributed by atoms with Gasteiger partial charge in [-0.05, 0) is 18.4 Å². The summed E-state index contributed by atoms with van der Waals surface area (Å²) < 4.78 is 10.8. The minimum absolute atomic E-state index is 0.0275. The van der Waals surface area contributed by atoms with E-state index in [0.29, 0.717) is 34.3 Å². The summed E-state index contributed by atoms with van der Waals surface area (Å²) in [5.41, 5.74) is 0.693. The van der Waals surface area contributed by atoms with Gasteiger partial charge in [0.2, 0.25) is 0 Å². The van der Waals surface area contributed by atoms with E-state index in [1.54, 1.807) is 30.3 Å². The number of nitrogens with one attached hydrogen (secondary N) is 3. The van der Waals surface area contributed by atoms with Crippen molar-refractivity contribution >= 4 is 35.0 Å². The summed E-state index contributed by atoms with van der Waals surface area (Å²) in [4.78, 5) is 43.9. The molecule has 32 heavy (non-hydrogen) atoms. The van der Waals surface area contributed by atoms with Gasteiger partial charge >= 0.3 is 0 Å². The number of anilines is 2. The molecule has 2 aromatic carbocycles. The Bertz CT molecular complexity index is 1180. The summed E-state index contributed by atoms with van der Waals surface area (Å²) in [6.45, 7) is 0. The van der Waals surface area contributed by atoms with Crippen LogP contribution in [0.4, 0.5) is 11.4 Å². The molecule has 3 N–H and O–H groups in total. The van der Waals surface area contributed by atoms with Gasteiger partial charge in [-0.25, -0.2) is 4.98 Å². The van der Waals surface area contributed by atoms with Crippen molar-refractivity contribution in [1.29, 1.82) is 0 Å². The molecule has 3 aromatic rings. The van der Waals surface area contributed by atoms with E-state index in [2.05, 4.69) is 20.6 Å². The minimum atomic E-state index is -0.583. The summed E-state index contributed by atoms with van der Waals surface area (Å²) in [7, 11) is 2.88. The van der Waals surface area contributed by atoms with Crippen molar-refractivity contribution in [3.63, 3.8) is 0 Å². The maximum absolute atomic E-state index is 12.7. The van der Waals surface area contributed by atoms with Crippen molar-refractivity contribution in [1.82, 2.24) is 9.97 Å². The van der Waals surface area contributed by atoms with Crippen LogP contribution in [0.25, 0.3) is 0 Å². The van der Waals surface area contributed by atoms with Gasteiger partial charge in [0.1, 0.15) is 23.0 Å². The van der Waals surface area contributed by atoms with E-state index in [0.717, 1.165) is 6.07 Å². The Kier molecular flexibility index (Phi) is 7.50. The Balaban J connectivity index is 1.88. The SMILES string of the molecule is COc1cc(NC(=O)c2cc(=O)[nH]c(CSC)n2)c(OC)cc1NC(=O)c1ccccc1. The monoisotopic (exact) mass is 454 g/mol. The van der Waals surface area contributed by atoms with Crippen LogP contribution < -0.4 is 25.7 Å². The molecule has 166 valence electrons. The second kappa shape index (κ2) is 10.5. The molecule has 0 saturated heterocycles. The molecule has 0 aliphatic heterocycles. The van der Waals surface area contributed by atoms with Gasteiger partial charge in [-0.1, -0.05) is 18.2 Å². The topological polar surface area (TPSA) is 122 Å². The molecule has 1 heterocycles. The van der Waals surface area contributed by atoms with Crippen molar-refractivity contribution in [2.24, 2.45) is 0 Å². The van der Waals surface area contributed by atoms with Gasteiger partial charge in [0, 0.05) is 23.8 Å². The number of benzene rings is 2. The normalized spacial score (nSPS) is 10.3. The highest BCUT2D eigenvalue weighted by molar-refractivity contribution is 7.97. The minimum Gasteiger partial charge on any atom is -0.494 e. The molecule has 0 atom stereocenters. The summed E-state index contributed by atoms with van der Waals surface area (Å²) >= 11 is 1.47. The Hall–Kier alpha value is -3.79. The molecule has 0 saturated carbocycles. The molecule has 1 aromatic heterocycles. The molecule has 3 rings (SSSR count). The summed E-state index contributed by atoms with van der Waals surface area (Å²) in [6, 6.07) is 12.9. The number of rotatable bonds is 8. The second-order valence-corrected chi connectivity index (χ2v) is 7.40. The third-order valence-electron chi connectivity index (χ3n) is 4.36. The van der Waals surface area contributed by atoms with Crippen molar-refractivity contribution in [2.75, 3.05) is 31.1 Å². The van der Waals surface area contributed by atoms with Crippen LogP contribution in [0.5, 0.6) is 11.5 Å². The van der Waals surface area contributed by atoms with Crippen LogP contribution in [0.15, 0.2) is 53.3 Å². The zero-order valence-electron chi connectivity index (χ0n) is 17.7. The lowest BCUT2D eigenvalue weighted by Crippen LogP contribution is -2.20. The lowest BCUT2D eigenvalue weighted by atomic mass is 10.2. The number of hydrogen-bond donors (Lipinski definition) is 3. The first kappa shape index (κ1) is 22.9. The fraction of sp³-hybridized carbons (Fsp3) is 0.182. The number of methoxy groups -OCH3 is 2. The molecule has 0 bridgehead atoms. The number of carbonyl (C=O) groups excluding carboxylic acids is 2. The maximum atomic E-state index is 12.7. The van der Waals surface area contributed by atoms with Crippen LogP contribution in [0.3, 0.4) is 0 Å². The molecule has 0 fully saturated rings. The predicted molar refractivity (Wildman–Crippen MR) is 124 cm³/mol. The second-order valence-electron chi connectivity index (χ2n) is 6.54. The molecular formula is C22H22N4O5S. The largest absolute Gasteiger partial charge is 0.494 e. The van der Waals surface area contributed by atoms with Crippen LogP contribution in [0.1, 0.15) is 26.7 Å². The summed E-state index contributed by atoms with van der Waals surface area (Å²) in [6.07, 6.45) is 1.86. The Morgan fingerprint density at radius 2 is 1.56 bits per heavy atom. The van der Waals surface area contributed by atoms with Gasteiger partial charge in [-0.3, -0.25) is 14.4 Å². The smallest absolute Gasteiger partial charge is 0.274 e. The molecule has 0 spiro atoms. The number of H-pyrrole nitrogens is 1. The van der Waals surface area contributed by atoms with Crippen LogP contribution in [0, 0.1) is 0 Å². The number of aromatic nitrogens is 2. The first-order valence-electron chi connectivity index (χ1n) is 9.48. The zero-order valence-corrected chi connectivity index (χ0v) is 18.5. The average Bonchev–Trinajstić information content (AvgIpc) is 2.80. The van der Waals surface area contributed by atoms with Crippen LogP contribution in [0.2, 0.25) is 0 Å². The van der Waals surface area contributed by atoms with E-state index < -0.39 is 11.5 Å². The van der Waals surface area contributed by atoms with Gasteiger partial charge in [-0.15, -0.1) is 0 Å². The number of ether oxygens (including phenoxy) is 2. The number of hydrogen-bond acceptors (Lipinski definition) is 7. The van der Waals surface area contributed by atoms with Gasteiger partial charge in [0.15, 0.2) is 0 Å². The maximum Gasteiger partial charge on any atom is 0.274 e. The number of nitrogens with zero attached hydrogens (tertiary/aromatic N) is 1. The van der Waals surface area contributed by atoms with Gasteiger partial charge in [-0.2, -0.15) is 11.8 Å². The fourth-order valence-corrected chi connectivity index (χ4v) is 3.30. The van der Waals surface area contributed by atoms with E-state index >= 15 is 0 Å². The summed E-state index contributed by atoms with van der Waals surface area (Å²) in [5, 5.41) is 5.46. The van der Waals surface area contributed by atoms with Crippen LogP contribution >= 0.6 is 11.8 Å². The zero-order chi connectivity index (χ0) is 23.1. The third-order valence-corrected chi connectivity index (χ3v) is 4.92. The quantitative estimate of drug-likeness (QED) is 0.478. The molecule has 0 aliphatic rings. The molecular weight excluding hydrogens is 432 g/mol. The molecule has 2 amide bonds. The molecule has 10 heteroatoms. The van der Waals surface area contributed by atoms with Crippen molar-refractivity contribution in [2.45, 2.75) is 5.75 Å². The molecule has 0 radical (unpaired) electrons. The molecule has 0 unspecified atom stereocenters. The van der Waals surface area contributed by atoms with E-state index in [1.165, 1.54) is 32.0 Å². The van der Waals surface area contributed by atoms with Crippen molar-refractivity contribution in [3.8, 4) is 11.5 Å². The number of thioether (sulfide) groups is 1. The van der Waals surface area contributed by atoms with E-state index in [9.17, 15) is 14.4 Å². The Morgan fingerprint density at radius 3 is 2.12 bits per heavy atom. The van der Waals surface area contributed by atoms with Crippen LogP contribution in [-0.2, 0) is 5.75 Å². The van der Waals surface area contributed by atoms with Crippen molar-refractivity contribution < 1.29 is 19.1 Å². The highest BCUT2D eigenvalue weighted by Crippen LogP contribution is 2.36.